The summed E-state index contributed by atoms with van der Waals surface area (Å²) in [6.07, 6.45) is 3.17. The number of unbranched alkanes of at least 4 members (excludes halogenated alkanes) is 2. The molecule has 2 N–H and O–H groups in total. The zero-order valence-electron chi connectivity index (χ0n) is 19.6. The van der Waals surface area contributed by atoms with E-state index in [1.54, 1.807) is 0 Å². The first kappa shape index (κ1) is 27.2. The number of nitro groups is 1. The molecule has 1 amide bonds. The third-order valence-electron chi connectivity index (χ3n) is 6.05. The first-order chi connectivity index (χ1) is 17.2. The summed E-state index contributed by atoms with van der Waals surface area (Å²) in [6, 6.07) is 4.97. The average Bonchev–Trinajstić information content (AvgIpc) is 3.45. The molecule has 36 heavy (non-hydrogen) atoms. The van der Waals surface area contributed by atoms with Crippen molar-refractivity contribution in [3.63, 3.8) is 0 Å². The molecule has 0 radical (unpaired) electrons. The zero-order chi connectivity index (χ0) is 26.0. The van der Waals surface area contributed by atoms with Gasteiger partial charge in [0.15, 0.2) is 0 Å². The Bertz CT molecular complexity index is 1080. The zero-order valence-corrected chi connectivity index (χ0v) is 20.5. The predicted molar refractivity (Wildman–Crippen MR) is 127 cm³/mol. The topological polar surface area (TPSA) is 163 Å². The van der Waals surface area contributed by atoms with E-state index in [1.165, 1.54) is 24.3 Å². The van der Waals surface area contributed by atoms with Gasteiger partial charge in [-0.3, -0.25) is 10.1 Å². The second kappa shape index (κ2) is 13.1. The first-order valence-corrected chi connectivity index (χ1v) is 13.2. The van der Waals surface area contributed by atoms with Crippen LogP contribution in [-0.2, 0) is 19.7 Å². The lowest BCUT2D eigenvalue weighted by molar-refractivity contribution is -0.384. The van der Waals surface area contributed by atoms with E-state index in [1.807, 2.05) is 4.72 Å². The van der Waals surface area contributed by atoms with Crippen molar-refractivity contribution in [1.29, 1.82) is 0 Å². The van der Waals surface area contributed by atoms with Crippen LogP contribution in [0, 0.1) is 39.7 Å². The number of hydrogen-bond acceptors (Lipinski definition) is 9. The van der Waals surface area contributed by atoms with Crippen molar-refractivity contribution in [2.24, 2.45) is 17.8 Å². The van der Waals surface area contributed by atoms with Gasteiger partial charge in [0.05, 0.1) is 18.1 Å². The van der Waals surface area contributed by atoms with E-state index in [2.05, 4.69) is 16.6 Å². The van der Waals surface area contributed by atoms with Gasteiger partial charge in [0.1, 0.15) is 5.75 Å². The molecular weight excluding hydrogens is 494 g/mol. The Morgan fingerprint density at radius 3 is 2.33 bits per heavy atom. The third kappa shape index (κ3) is 9.01. The van der Waals surface area contributed by atoms with Crippen molar-refractivity contribution < 1.29 is 37.1 Å². The molecule has 0 aromatic heterocycles. The van der Waals surface area contributed by atoms with Crippen LogP contribution in [0.3, 0.4) is 0 Å². The van der Waals surface area contributed by atoms with Crippen molar-refractivity contribution in [3.05, 3.63) is 34.4 Å². The Hall–Kier alpha value is -3.37. The Morgan fingerprint density at radius 1 is 1.03 bits per heavy atom. The van der Waals surface area contributed by atoms with Gasteiger partial charge in [0.25, 0.3) is 5.69 Å². The van der Waals surface area contributed by atoms with Crippen LogP contribution in [0.1, 0.15) is 44.9 Å². The number of carbonyl (C=O) groups is 2. The second-order valence-electron chi connectivity index (χ2n) is 8.53. The van der Waals surface area contributed by atoms with E-state index in [-0.39, 0.29) is 37.1 Å². The number of nitrogens with one attached hydrogen (secondary N) is 2. The molecule has 0 saturated heterocycles. The molecule has 0 bridgehead atoms. The molecule has 0 aliphatic heterocycles. The average molecular weight is 524 g/mol. The summed E-state index contributed by atoms with van der Waals surface area (Å²) in [5.41, 5.74) is -0.129. The minimum atomic E-state index is -4.04. The fourth-order valence-corrected chi connectivity index (χ4v) is 4.92. The maximum atomic E-state index is 12.0. The lowest BCUT2D eigenvalue weighted by Gasteiger charge is -2.09. The second-order valence-corrected chi connectivity index (χ2v) is 10.0. The van der Waals surface area contributed by atoms with E-state index in [9.17, 15) is 28.1 Å². The number of nitrogens with zero attached hydrogens (tertiary/aromatic N) is 1. The van der Waals surface area contributed by atoms with Crippen LogP contribution in [0.5, 0.6) is 5.75 Å². The Kier molecular flexibility index (Phi) is 9.89. The van der Waals surface area contributed by atoms with Gasteiger partial charge in [-0.15, -0.1) is 11.8 Å². The molecule has 12 nitrogen and oxygen atoms in total. The number of benzene rings is 1. The van der Waals surface area contributed by atoms with Crippen molar-refractivity contribution in [2.75, 3.05) is 19.8 Å². The summed E-state index contributed by atoms with van der Waals surface area (Å²) in [5, 5.41) is 10.6. The Morgan fingerprint density at radius 2 is 1.69 bits per heavy atom. The van der Waals surface area contributed by atoms with Gasteiger partial charge in [-0.05, 0) is 62.0 Å². The summed E-state index contributed by atoms with van der Waals surface area (Å²) < 4.78 is 43.0. The van der Waals surface area contributed by atoms with Crippen LogP contribution in [0.15, 0.2) is 24.3 Å². The monoisotopic (exact) mass is 523 g/mol. The fourth-order valence-electron chi connectivity index (χ4n) is 4.16. The van der Waals surface area contributed by atoms with Gasteiger partial charge in [0.2, 0.25) is 0 Å². The SMILES string of the molecule is O=C(NS(=O)(=O)NCCCCCOC(=O)Oc1ccc([N+](=O)[O-])cc1)OCC1[C@H]2CCC#CCC[C@@H]12. The number of ether oxygens (including phenoxy) is 3. The summed E-state index contributed by atoms with van der Waals surface area (Å²) in [4.78, 5) is 33.5. The quantitative estimate of drug-likeness (QED) is 0.104. The van der Waals surface area contributed by atoms with Crippen molar-refractivity contribution >= 4 is 28.1 Å². The van der Waals surface area contributed by atoms with Gasteiger partial charge in [-0.25, -0.2) is 14.3 Å². The lowest BCUT2D eigenvalue weighted by atomic mass is 10.1. The highest BCUT2D eigenvalue weighted by Gasteiger charge is 2.49. The number of non-ortho nitro benzene ring substituents is 1. The molecule has 2 aliphatic rings. The third-order valence-corrected chi connectivity index (χ3v) is 7.07. The number of carbonyl (C=O) groups excluding carboxylic acids is 2. The normalized spacial score (nSPS) is 20.4. The van der Waals surface area contributed by atoms with Crippen molar-refractivity contribution in [3.8, 4) is 17.6 Å². The van der Waals surface area contributed by atoms with Gasteiger partial charge in [0, 0.05) is 31.5 Å². The number of hydrogen-bond donors (Lipinski definition) is 2. The highest BCUT2D eigenvalue weighted by Crippen LogP contribution is 2.52. The van der Waals surface area contributed by atoms with Crippen LogP contribution in [-0.4, -0.2) is 45.3 Å². The standard InChI is InChI=1S/C23H29N3O9S/c27-22(34-16-21-19-8-4-1-2-5-9-20(19)21)25-36(31,32)24-14-6-3-7-15-33-23(28)35-18-12-10-17(11-13-18)26(29)30/h10-13,19-21,24H,3-9,14-16H2,(H,25,27)/t19-,20+,21?. The minimum Gasteiger partial charge on any atom is -0.449 e. The van der Waals surface area contributed by atoms with Crippen molar-refractivity contribution in [2.45, 2.75) is 44.9 Å². The van der Waals surface area contributed by atoms with E-state index in [4.69, 9.17) is 14.2 Å². The molecular formula is C23H29N3O9S. The highest BCUT2D eigenvalue weighted by atomic mass is 32.2. The number of rotatable bonds is 12. The van der Waals surface area contributed by atoms with E-state index >= 15 is 0 Å². The molecule has 13 heteroatoms. The molecule has 1 unspecified atom stereocenters. The highest BCUT2D eigenvalue weighted by molar-refractivity contribution is 7.88. The molecule has 1 saturated carbocycles. The van der Waals surface area contributed by atoms with E-state index in [0.717, 1.165) is 25.7 Å². The molecule has 3 rings (SSSR count). The molecule has 3 atom stereocenters. The number of fused-ring (bicyclic) bond motifs is 1. The van der Waals surface area contributed by atoms with Gasteiger partial charge in [-0.2, -0.15) is 13.1 Å². The summed E-state index contributed by atoms with van der Waals surface area (Å²) >= 11 is 0. The predicted octanol–water partition coefficient (Wildman–Crippen LogP) is 3.28. The number of amides is 1. The molecule has 1 fully saturated rings. The smallest absolute Gasteiger partial charge is 0.449 e. The van der Waals surface area contributed by atoms with Gasteiger partial charge >= 0.3 is 22.5 Å². The molecule has 196 valence electrons. The first-order valence-electron chi connectivity index (χ1n) is 11.7. The lowest BCUT2D eigenvalue weighted by Crippen LogP contribution is -2.41. The van der Waals surface area contributed by atoms with Crippen LogP contribution in [0.25, 0.3) is 0 Å². The largest absolute Gasteiger partial charge is 0.513 e. The van der Waals surface area contributed by atoms with Crippen LogP contribution < -0.4 is 14.2 Å². The van der Waals surface area contributed by atoms with Crippen LogP contribution >= 0.6 is 0 Å². The minimum absolute atomic E-state index is 0.0540. The van der Waals surface area contributed by atoms with E-state index in [0.29, 0.717) is 31.1 Å². The van der Waals surface area contributed by atoms with Crippen LogP contribution in [0.2, 0.25) is 0 Å². The summed E-state index contributed by atoms with van der Waals surface area (Å²) in [6.45, 7) is 0.338. The van der Waals surface area contributed by atoms with Crippen LogP contribution in [0.4, 0.5) is 15.3 Å². The van der Waals surface area contributed by atoms with Crippen molar-refractivity contribution in [1.82, 2.24) is 9.44 Å². The molecule has 1 aromatic rings. The molecule has 2 aliphatic carbocycles. The maximum Gasteiger partial charge on any atom is 0.513 e. The number of nitro benzene ring substituents is 1. The van der Waals surface area contributed by atoms with Gasteiger partial charge in [-0.1, -0.05) is 0 Å². The molecule has 1 aromatic carbocycles. The Balaban J connectivity index is 1.21. The van der Waals surface area contributed by atoms with Gasteiger partial charge < -0.3 is 14.2 Å². The maximum absolute atomic E-state index is 12.0. The summed E-state index contributed by atoms with van der Waals surface area (Å²) in [5.74, 6) is 7.59. The molecule has 0 spiro atoms. The summed E-state index contributed by atoms with van der Waals surface area (Å²) in [7, 11) is -4.04. The fraction of sp³-hybridized carbons (Fsp3) is 0.565. The van der Waals surface area contributed by atoms with E-state index < -0.39 is 27.4 Å². The Labute approximate surface area is 209 Å². The molecule has 0 heterocycles.